The van der Waals surface area contributed by atoms with Crippen molar-refractivity contribution in [1.82, 2.24) is 0 Å². The fourth-order valence-corrected chi connectivity index (χ4v) is 4.37. The molecular formula is C30H20O15. The smallest absolute Gasteiger partial charge is 0.238 e. The van der Waals surface area contributed by atoms with E-state index in [2.05, 4.69) is 0 Å². The Balaban J connectivity index is 0.000000178. The minimum atomic E-state index is -1.04. The van der Waals surface area contributed by atoms with E-state index in [1.54, 1.807) is 0 Å². The van der Waals surface area contributed by atoms with Gasteiger partial charge in [0.25, 0.3) is 0 Å². The molecule has 0 spiro atoms. The monoisotopic (exact) mass is 620 g/mol. The second-order valence-corrected chi connectivity index (χ2v) is 9.40. The lowest BCUT2D eigenvalue weighted by molar-refractivity contribution is 0.346. The molecule has 15 heteroatoms. The van der Waals surface area contributed by atoms with Crippen LogP contribution in [0.3, 0.4) is 0 Å². The number of aromatic hydroxyl groups is 11. The van der Waals surface area contributed by atoms with Crippen molar-refractivity contribution in [2.45, 2.75) is 0 Å². The Hall–Kier alpha value is -6.90. The Kier molecular flexibility index (Phi) is 7.06. The molecule has 0 saturated carbocycles. The molecule has 0 bridgehead atoms. The average molecular weight is 620 g/mol. The highest BCUT2D eigenvalue weighted by molar-refractivity contribution is 5.89. The molecule has 45 heavy (non-hydrogen) atoms. The molecule has 11 N–H and O–H groups in total. The molecule has 0 fully saturated rings. The van der Waals surface area contributed by atoms with Crippen LogP contribution in [0.25, 0.3) is 44.6 Å². The summed E-state index contributed by atoms with van der Waals surface area (Å²) in [6.07, 6.45) is 0. The van der Waals surface area contributed by atoms with Crippen LogP contribution in [0.4, 0.5) is 0 Å². The van der Waals surface area contributed by atoms with E-state index in [9.17, 15) is 65.8 Å². The van der Waals surface area contributed by atoms with E-state index in [0.29, 0.717) is 0 Å². The van der Waals surface area contributed by atoms with Crippen LogP contribution < -0.4 is 10.9 Å². The van der Waals surface area contributed by atoms with E-state index in [1.807, 2.05) is 0 Å². The van der Waals surface area contributed by atoms with Gasteiger partial charge in [-0.2, -0.15) is 0 Å². The number of hydrogen-bond acceptors (Lipinski definition) is 15. The van der Waals surface area contributed by atoms with Crippen molar-refractivity contribution in [2.75, 3.05) is 0 Å². The van der Waals surface area contributed by atoms with Gasteiger partial charge in [0.05, 0.1) is 11.1 Å². The van der Waals surface area contributed by atoms with Crippen LogP contribution in [-0.2, 0) is 0 Å². The van der Waals surface area contributed by atoms with Crippen molar-refractivity contribution in [3.05, 3.63) is 75.0 Å². The van der Waals surface area contributed by atoms with E-state index >= 15 is 0 Å². The lowest BCUT2D eigenvalue weighted by atomic mass is 10.1. The minimum Gasteiger partial charge on any atom is -0.508 e. The number of fused-ring (bicyclic) bond motifs is 2. The highest BCUT2D eigenvalue weighted by Crippen LogP contribution is 2.49. The Labute approximate surface area is 248 Å². The first kappa shape index (κ1) is 29.6. The Morgan fingerprint density at radius 3 is 1.64 bits per heavy atom. The second-order valence-electron chi connectivity index (χ2n) is 9.40. The van der Waals surface area contributed by atoms with Crippen LogP contribution in [0.2, 0.25) is 0 Å². The third kappa shape index (κ3) is 4.95. The molecule has 2 heterocycles. The van der Waals surface area contributed by atoms with Crippen molar-refractivity contribution in [3.8, 4) is 85.9 Å². The zero-order valence-electron chi connectivity index (χ0n) is 22.2. The summed E-state index contributed by atoms with van der Waals surface area (Å²) < 4.78 is 10.6. The van der Waals surface area contributed by atoms with Crippen LogP contribution in [0.5, 0.6) is 63.2 Å². The molecule has 2 aromatic heterocycles. The molecule has 4 aromatic carbocycles. The van der Waals surface area contributed by atoms with Crippen LogP contribution in [0.1, 0.15) is 0 Å². The van der Waals surface area contributed by atoms with Gasteiger partial charge in [0, 0.05) is 18.2 Å². The summed E-state index contributed by atoms with van der Waals surface area (Å²) in [4.78, 5) is 24.3. The van der Waals surface area contributed by atoms with Gasteiger partial charge in [-0.25, -0.2) is 0 Å². The average Bonchev–Trinajstić information content (AvgIpc) is 2.98. The zero-order chi connectivity index (χ0) is 32.9. The second kappa shape index (κ2) is 10.7. The van der Waals surface area contributed by atoms with E-state index in [1.165, 1.54) is 30.3 Å². The van der Waals surface area contributed by atoms with Crippen LogP contribution >= 0.6 is 0 Å². The molecule has 0 unspecified atom stereocenters. The summed E-state index contributed by atoms with van der Waals surface area (Å²) in [6, 6.07) is 10.3. The molecule has 0 aliphatic heterocycles. The first-order chi connectivity index (χ1) is 21.2. The molecule has 0 aliphatic carbocycles. The van der Waals surface area contributed by atoms with E-state index in [-0.39, 0.29) is 44.8 Å². The quantitative estimate of drug-likeness (QED) is 0.0972. The highest BCUT2D eigenvalue weighted by Gasteiger charge is 2.25. The Morgan fingerprint density at radius 1 is 0.422 bits per heavy atom. The Bertz CT molecular complexity index is 2280. The standard InChI is InChI=1S/C15H10O8.C15H10O7/c16-6-2-1-3-8-9(6)12(20)14(22)15(23-8)5-4-7(17)11(19)13(21)10(5)18;16-6-1-2-8(9(18)3-6)15-14(21)13(20)12-10(19)4-7(17)5-11(12)22-15/h1-4,16-19,21-22H;1-5,16-19,21H. The van der Waals surface area contributed by atoms with E-state index < -0.39 is 73.9 Å². The molecule has 6 rings (SSSR count). The van der Waals surface area contributed by atoms with Gasteiger partial charge in [-0.05, 0) is 30.3 Å². The van der Waals surface area contributed by atoms with Gasteiger partial charge < -0.3 is 65.0 Å². The number of phenolic OH excluding ortho intramolecular Hbond substituents is 9. The molecular weight excluding hydrogens is 600 g/mol. The summed E-state index contributed by atoms with van der Waals surface area (Å²) in [5.74, 6) is -8.26. The largest absolute Gasteiger partial charge is 0.508 e. The van der Waals surface area contributed by atoms with Gasteiger partial charge >= 0.3 is 0 Å². The summed E-state index contributed by atoms with van der Waals surface area (Å²) in [7, 11) is 0. The van der Waals surface area contributed by atoms with Crippen LogP contribution in [0, 0.1) is 0 Å². The summed E-state index contributed by atoms with van der Waals surface area (Å²) in [6.45, 7) is 0. The van der Waals surface area contributed by atoms with Gasteiger partial charge in [0.15, 0.2) is 23.0 Å². The number of benzene rings is 4. The number of rotatable bonds is 2. The van der Waals surface area contributed by atoms with Gasteiger partial charge in [0.2, 0.25) is 33.9 Å². The SMILES string of the molecule is O=c1c(O)c(-c2cc(O)c(O)c(O)c2O)oc2cccc(O)c12.O=c1c(O)c(-c2ccc(O)cc2O)oc2cc(O)cc(O)c12. The Morgan fingerprint density at radius 2 is 1.00 bits per heavy atom. The number of hydrogen-bond donors (Lipinski definition) is 11. The third-order valence-corrected chi connectivity index (χ3v) is 6.51. The summed E-state index contributed by atoms with van der Waals surface area (Å²) in [5.41, 5.74) is -2.58. The van der Waals surface area contributed by atoms with Crippen molar-refractivity contribution in [1.29, 1.82) is 0 Å². The van der Waals surface area contributed by atoms with Crippen molar-refractivity contribution in [3.63, 3.8) is 0 Å². The lowest BCUT2D eigenvalue weighted by Crippen LogP contribution is -2.03. The maximum atomic E-state index is 12.2. The van der Waals surface area contributed by atoms with Gasteiger partial charge in [0.1, 0.15) is 50.7 Å². The highest BCUT2D eigenvalue weighted by atomic mass is 16.4. The molecule has 0 aliphatic rings. The predicted octanol–water partition coefficient (Wildman–Crippen LogP) is 3.68. The third-order valence-electron chi connectivity index (χ3n) is 6.51. The molecule has 0 amide bonds. The zero-order valence-corrected chi connectivity index (χ0v) is 22.2. The molecule has 6 aromatic rings. The van der Waals surface area contributed by atoms with Crippen molar-refractivity contribution >= 4 is 21.9 Å². The minimum absolute atomic E-state index is 0.0304. The molecule has 230 valence electrons. The first-order valence-electron chi connectivity index (χ1n) is 12.4. The molecule has 0 atom stereocenters. The molecule has 15 nitrogen and oxygen atoms in total. The number of phenols is 9. The van der Waals surface area contributed by atoms with Crippen molar-refractivity contribution < 1.29 is 65.0 Å². The van der Waals surface area contributed by atoms with Gasteiger partial charge in [-0.3, -0.25) is 9.59 Å². The summed E-state index contributed by atoms with van der Waals surface area (Å²) >= 11 is 0. The lowest BCUT2D eigenvalue weighted by Gasteiger charge is -2.11. The van der Waals surface area contributed by atoms with Crippen molar-refractivity contribution in [2.24, 2.45) is 0 Å². The van der Waals surface area contributed by atoms with Gasteiger partial charge in [-0.1, -0.05) is 6.07 Å². The predicted molar refractivity (Wildman–Crippen MR) is 154 cm³/mol. The maximum Gasteiger partial charge on any atom is 0.238 e. The first-order valence-corrected chi connectivity index (χ1v) is 12.4. The van der Waals surface area contributed by atoms with E-state index in [4.69, 9.17) is 8.83 Å². The normalized spacial score (nSPS) is 10.9. The van der Waals surface area contributed by atoms with Crippen LogP contribution in [-0.4, -0.2) is 56.2 Å². The maximum absolute atomic E-state index is 12.2. The topological polar surface area (TPSA) is 283 Å². The summed E-state index contributed by atoms with van der Waals surface area (Å²) in [5, 5.41) is 106. The van der Waals surface area contributed by atoms with E-state index in [0.717, 1.165) is 24.3 Å². The molecule has 0 saturated heterocycles. The van der Waals surface area contributed by atoms with Crippen LogP contribution in [0.15, 0.2) is 73.0 Å². The fraction of sp³-hybridized carbons (Fsp3) is 0. The van der Waals surface area contributed by atoms with Gasteiger partial charge in [-0.15, -0.1) is 0 Å². The fourth-order valence-electron chi connectivity index (χ4n) is 4.37. The molecule has 0 radical (unpaired) electrons.